The quantitative estimate of drug-likeness (QED) is 0.580. The van der Waals surface area contributed by atoms with Gasteiger partial charge in [-0.15, -0.1) is 0 Å². The van der Waals surface area contributed by atoms with Gasteiger partial charge in [-0.25, -0.2) is 0 Å². The molecule has 0 aliphatic rings. The van der Waals surface area contributed by atoms with E-state index in [1.165, 1.54) is 12.3 Å². The van der Waals surface area contributed by atoms with Gasteiger partial charge in [0.1, 0.15) is 5.75 Å². The number of fused-ring (bicyclic) bond motifs is 1. The van der Waals surface area contributed by atoms with Gasteiger partial charge in [-0.1, -0.05) is 42.5 Å². The van der Waals surface area contributed by atoms with Crippen molar-refractivity contribution in [2.45, 2.75) is 6.42 Å². The van der Waals surface area contributed by atoms with Crippen LogP contribution in [0, 0.1) is 0 Å². The maximum Gasteiger partial charge on any atom is 1.00 e. The number of carbonyl (C=O) groups is 1. The van der Waals surface area contributed by atoms with Gasteiger partial charge < -0.3 is 14.6 Å². The van der Waals surface area contributed by atoms with E-state index in [0.717, 1.165) is 22.1 Å². The number of carboxylic acid groups (broad SMARTS) is 1. The second kappa shape index (κ2) is 8.11. The number of carboxylic acids is 1. The third kappa shape index (κ3) is 4.32. The summed E-state index contributed by atoms with van der Waals surface area (Å²) in [4.78, 5) is 14.5. The van der Waals surface area contributed by atoms with Crippen molar-refractivity contribution in [3.63, 3.8) is 0 Å². The van der Waals surface area contributed by atoms with E-state index in [2.05, 4.69) is 4.98 Å². The molecule has 4 nitrogen and oxygen atoms in total. The topological polar surface area (TPSA) is 62.2 Å². The fourth-order valence-corrected chi connectivity index (χ4v) is 2.29. The Bertz CT molecular complexity index is 797. The minimum atomic E-state index is -1.27. The number of aromatic nitrogens is 1. The molecule has 3 rings (SSSR count). The van der Waals surface area contributed by atoms with E-state index in [1.54, 1.807) is 6.07 Å². The maximum absolute atomic E-state index is 10.6. The van der Waals surface area contributed by atoms with Gasteiger partial charge >= 0.3 is 29.6 Å². The summed E-state index contributed by atoms with van der Waals surface area (Å²) < 4.78 is 5.84. The minimum Gasteiger partial charge on any atom is -0.543 e. The van der Waals surface area contributed by atoms with Crippen LogP contribution in [0.5, 0.6) is 5.75 Å². The summed E-state index contributed by atoms with van der Waals surface area (Å²) in [6, 6.07) is 17.2. The normalized spacial score (nSPS) is 10.1. The van der Waals surface area contributed by atoms with Crippen molar-refractivity contribution in [2.24, 2.45) is 0 Å². The third-order valence-corrected chi connectivity index (χ3v) is 3.43. The Morgan fingerprint density at radius 1 is 1.04 bits per heavy atom. The Morgan fingerprint density at radius 3 is 2.57 bits per heavy atom. The van der Waals surface area contributed by atoms with Crippen molar-refractivity contribution in [2.75, 3.05) is 6.61 Å². The first-order valence-electron chi connectivity index (χ1n) is 7.01. The van der Waals surface area contributed by atoms with Gasteiger partial charge in [-0.05, 0) is 23.1 Å². The Kier molecular flexibility index (Phi) is 6.16. The number of benzene rings is 2. The van der Waals surface area contributed by atoms with E-state index in [-0.39, 0.29) is 35.3 Å². The molecule has 0 unspecified atom stereocenters. The number of hydrogen-bond donors (Lipinski definition) is 0. The van der Waals surface area contributed by atoms with Crippen molar-refractivity contribution in [1.29, 1.82) is 0 Å². The maximum atomic E-state index is 10.6. The van der Waals surface area contributed by atoms with E-state index in [4.69, 9.17) is 4.74 Å². The molecule has 0 spiro atoms. The standard InChI is InChI=1S/C18H15NO3.Na/c20-18(21)16-9-8-13(12-19-16)10-11-22-17-7-3-5-14-4-1-2-6-15(14)17;/h1-9,12H,10-11H2,(H,20,21);/q;+1/p-1. The van der Waals surface area contributed by atoms with Crippen LogP contribution in [0.2, 0.25) is 0 Å². The summed E-state index contributed by atoms with van der Waals surface area (Å²) in [5, 5.41) is 12.9. The van der Waals surface area contributed by atoms with E-state index in [1.807, 2.05) is 42.5 Å². The molecule has 1 heterocycles. The monoisotopic (exact) mass is 315 g/mol. The molecule has 110 valence electrons. The van der Waals surface area contributed by atoms with Crippen LogP contribution in [0.15, 0.2) is 60.8 Å². The average molecular weight is 315 g/mol. The van der Waals surface area contributed by atoms with E-state index >= 15 is 0 Å². The van der Waals surface area contributed by atoms with Crippen LogP contribution in [-0.2, 0) is 6.42 Å². The number of hydrogen-bond acceptors (Lipinski definition) is 4. The first kappa shape index (κ1) is 17.5. The Morgan fingerprint density at radius 2 is 1.83 bits per heavy atom. The molecule has 3 aromatic rings. The zero-order valence-corrected chi connectivity index (χ0v) is 14.9. The van der Waals surface area contributed by atoms with Gasteiger partial charge in [0.05, 0.1) is 18.3 Å². The van der Waals surface area contributed by atoms with Crippen LogP contribution in [0.1, 0.15) is 16.1 Å². The molecular formula is C18H14NNaO3. The van der Waals surface area contributed by atoms with Crippen LogP contribution in [0.4, 0.5) is 0 Å². The van der Waals surface area contributed by atoms with Crippen molar-refractivity contribution in [3.05, 3.63) is 72.1 Å². The summed E-state index contributed by atoms with van der Waals surface area (Å²) in [5.74, 6) is -0.420. The van der Waals surface area contributed by atoms with Gasteiger partial charge in [0.15, 0.2) is 0 Å². The molecule has 0 bridgehead atoms. The van der Waals surface area contributed by atoms with Gasteiger partial charge in [-0.3, -0.25) is 4.98 Å². The SMILES string of the molecule is O=C([O-])c1ccc(CCOc2cccc3ccccc23)cn1.[Na+]. The number of pyridine rings is 1. The first-order valence-corrected chi connectivity index (χ1v) is 7.01. The molecule has 5 heteroatoms. The summed E-state index contributed by atoms with van der Waals surface area (Å²) in [6.45, 7) is 0.500. The molecule has 0 saturated heterocycles. The van der Waals surface area contributed by atoms with Crippen LogP contribution in [0.25, 0.3) is 10.8 Å². The molecule has 0 radical (unpaired) electrons. The molecule has 0 atom stereocenters. The van der Waals surface area contributed by atoms with Crippen molar-refractivity contribution in [1.82, 2.24) is 4.98 Å². The van der Waals surface area contributed by atoms with Crippen molar-refractivity contribution in [3.8, 4) is 5.75 Å². The molecule has 0 N–H and O–H groups in total. The summed E-state index contributed by atoms with van der Waals surface area (Å²) in [6.07, 6.45) is 2.20. The summed E-state index contributed by atoms with van der Waals surface area (Å²) in [5.41, 5.74) is 0.865. The van der Waals surface area contributed by atoms with Crippen LogP contribution >= 0.6 is 0 Å². The predicted octanol–water partition coefficient (Wildman–Crippen LogP) is -0.776. The first-order chi connectivity index (χ1) is 10.7. The summed E-state index contributed by atoms with van der Waals surface area (Å²) in [7, 11) is 0. The smallest absolute Gasteiger partial charge is 0.543 e. The largest absolute Gasteiger partial charge is 1.00 e. The van der Waals surface area contributed by atoms with E-state index in [0.29, 0.717) is 13.0 Å². The molecule has 1 aromatic heterocycles. The van der Waals surface area contributed by atoms with Crippen LogP contribution in [-0.4, -0.2) is 17.6 Å². The molecule has 0 amide bonds. The minimum absolute atomic E-state index is 0. The number of ether oxygens (including phenoxy) is 1. The van der Waals surface area contributed by atoms with Gasteiger partial charge in [-0.2, -0.15) is 0 Å². The third-order valence-electron chi connectivity index (χ3n) is 3.43. The zero-order valence-electron chi connectivity index (χ0n) is 12.9. The van der Waals surface area contributed by atoms with Gasteiger partial charge in [0, 0.05) is 18.0 Å². The number of carbonyl (C=O) groups excluding carboxylic acids is 1. The zero-order chi connectivity index (χ0) is 15.4. The Balaban J connectivity index is 0.00000192. The fourth-order valence-electron chi connectivity index (χ4n) is 2.29. The van der Waals surface area contributed by atoms with Crippen molar-refractivity contribution >= 4 is 16.7 Å². The van der Waals surface area contributed by atoms with Gasteiger partial charge in [0.25, 0.3) is 0 Å². The van der Waals surface area contributed by atoms with Crippen LogP contribution in [0.3, 0.4) is 0 Å². The second-order valence-corrected chi connectivity index (χ2v) is 4.91. The van der Waals surface area contributed by atoms with E-state index < -0.39 is 5.97 Å². The average Bonchev–Trinajstić information content (AvgIpc) is 2.55. The second-order valence-electron chi connectivity index (χ2n) is 4.91. The molecule has 0 fully saturated rings. The number of rotatable bonds is 5. The van der Waals surface area contributed by atoms with Crippen molar-refractivity contribution < 1.29 is 44.2 Å². The molecule has 0 aliphatic carbocycles. The van der Waals surface area contributed by atoms with Gasteiger partial charge in [0.2, 0.25) is 0 Å². The number of nitrogens with zero attached hydrogens (tertiary/aromatic N) is 1. The molecule has 0 aliphatic heterocycles. The Labute approximate surface area is 156 Å². The molecular weight excluding hydrogens is 301 g/mol. The predicted molar refractivity (Wildman–Crippen MR) is 81.7 cm³/mol. The van der Waals surface area contributed by atoms with E-state index in [9.17, 15) is 9.90 Å². The molecule has 2 aromatic carbocycles. The molecule has 0 saturated carbocycles. The Hall–Kier alpha value is -1.88. The fraction of sp³-hybridized carbons (Fsp3) is 0.111. The molecule has 23 heavy (non-hydrogen) atoms. The summed E-state index contributed by atoms with van der Waals surface area (Å²) >= 11 is 0. The number of aromatic carboxylic acids is 1. The van der Waals surface area contributed by atoms with Crippen LogP contribution < -0.4 is 39.4 Å².